The summed E-state index contributed by atoms with van der Waals surface area (Å²) in [5.74, 6) is 0.815. The van der Waals surface area contributed by atoms with Crippen LogP contribution in [0.25, 0.3) is 0 Å². The number of hydrogen-bond donors (Lipinski definition) is 3. The summed E-state index contributed by atoms with van der Waals surface area (Å²) in [7, 11) is 0. The van der Waals surface area contributed by atoms with E-state index in [2.05, 4.69) is 0 Å². The monoisotopic (exact) mass is 490 g/mol. The molecular formula is C25H34N2O6S. The standard InChI is InChI=1S/C25H34N2O6S/c1-18(17-28)27(33)19(2)21-6-3-5-20(15-21)16-23(29)10-8-22-9-11-24(30)26(22)12-14-34-13-4-7-25(31)32/h3,5-6,8,10,15,17,22-23,28-29H,4,7,9,11-14,16H2,1-2H3,(H,31,32)/b10-8+,18-17-,27-19-/t22-,23+/m0/s1. The van der Waals surface area contributed by atoms with Crippen LogP contribution in [-0.2, 0) is 16.0 Å². The molecule has 0 spiro atoms. The van der Waals surface area contributed by atoms with Gasteiger partial charge >= 0.3 is 5.97 Å². The lowest BCUT2D eigenvalue weighted by Crippen LogP contribution is -2.34. The molecule has 9 heteroatoms. The van der Waals surface area contributed by atoms with Crippen molar-refractivity contribution in [2.24, 2.45) is 0 Å². The van der Waals surface area contributed by atoms with Crippen LogP contribution in [0.5, 0.6) is 0 Å². The van der Waals surface area contributed by atoms with Crippen molar-refractivity contribution in [1.82, 2.24) is 4.90 Å². The van der Waals surface area contributed by atoms with Gasteiger partial charge in [-0.15, -0.1) is 0 Å². The lowest BCUT2D eigenvalue weighted by atomic mass is 10.0. The molecule has 1 aromatic carbocycles. The molecule has 1 heterocycles. The molecule has 1 aliphatic heterocycles. The number of rotatable bonds is 13. The van der Waals surface area contributed by atoms with Gasteiger partial charge in [-0.05, 0) is 36.3 Å². The maximum Gasteiger partial charge on any atom is 0.303 e. The molecule has 0 aromatic heterocycles. The summed E-state index contributed by atoms with van der Waals surface area (Å²) in [6.45, 7) is 3.79. The van der Waals surface area contributed by atoms with E-state index >= 15 is 0 Å². The van der Waals surface area contributed by atoms with Crippen molar-refractivity contribution in [2.75, 3.05) is 18.1 Å². The fraction of sp³-hybridized carbons (Fsp3) is 0.480. The highest BCUT2D eigenvalue weighted by Crippen LogP contribution is 2.21. The van der Waals surface area contributed by atoms with Crippen LogP contribution in [-0.4, -0.2) is 72.7 Å². The number of allylic oxidation sites excluding steroid dienone is 1. The van der Waals surface area contributed by atoms with Gasteiger partial charge in [-0.1, -0.05) is 24.3 Å². The zero-order valence-electron chi connectivity index (χ0n) is 19.7. The number of carbonyl (C=O) groups excluding carboxylic acids is 1. The van der Waals surface area contributed by atoms with Gasteiger partial charge < -0.3 is 25.4 Å². The van der Waals surface area contributed by atoms with E-state index in [1.165, 1.54) is 6.92 Å². The number of hydrogen-bond acceptors (Lipinski definition) is 6. The van der Waals surface area contributed by atoms with Crippen LogP contribution in [0.3, 0.4) is 0 Å². The number of amides is 1. The zero-order valence-corrected chi connectivity index (χ0v) is 20.5. The first kappa shape index (κ1) is 27.5. The first-order chi connectivity index (χ1) is 16.2. The minimum atomic E-state index is -0.791. The van der Waals surface area contributed by atoms with E-state index in [0.717, 1.165) is 23.3 Å². The van der Waals surface area contributed by atoms with Crippen LogP contribution in [0.1, 0.15) is 50.7 Å². The Morgan fingerprint density at radius 3 is 2.82 bits per heavy atom. The van der Waals surface area contributed by atoms with Crippen molar-refractivity contribution in [2.45, 2.75) is 58.1 Å². The molecule has 186 valence electrons. The first-order valence-electron chi connectivity index (χ1n) is 11.4. The van der Waals surface area contributed by atoms with Crippen LogP contribution < -0.4 is 0 Å². The number of hydroxylamine groups is 1. The number of aliphatic carboxylic acids is 1. The van der Waals surface area contributed by atoms with Crippen LogP contribution in [0.2, 0.25) is 0 Å². The number of carboxylic acids is 1. The Morgan fingerprint density at radius 2 is 2.12 bits per heavy atom. The van der Waals surface area contributed by atoms with Crippen molar-refractivity contribution in [3.8, 4) is 0 Å². The fourth-order valence-corrected chi connectivity index (χ4v) is 4.64. The van der Waals surface area contributed by atoms with Gasteiger partial charge in [0.05, 0.1) is 12.1 Å². The molecule has 34 heavy (non-hydrogen) atoms. The highest BCUT2D eigenvalue weighted by molar-refractivity contribution is 7.99. The van der Waals surface area contributed by atoms with Crippen molar-refractivity contribution < 1.29 is 29.6 Å². The third-order valence-corrected chi connectivity index (χ3v) is 6.74. The molecule has 1 fully saturated rings. The van der Waals surface area contributed by atoms with Gasteiger partial charge in [-0.25, -0.2) is 0 Å². The molecule has 2 atom stereocenters. The molecule has 2 rings (SSSR count). The summed E-state index contributed by atoms with van der Waals surface area (Å²) in [6.07, 6.45) is 5.99. The fourth-order valence-electron chi connectivity index (χ4n) is 3.76. The van der Waals surface area contributed by atoms with E-state index in [1.807, 2.05) is 29.2 Å². The molecule has 0 radical (unpaired) electrons. The van der Waals surface area contributed by atoms with E-state index in [-0.39, 0.29) is 24.1 Å². The number of benzene rings is 1. The van der Waals surface area contributed by atoms with E-state index in [0.29, 0.717) is 48.2 Å². The average molecular weight is 491 g/mol. The summed E-state index contributed by atoms with van der Waals surface area (Å²) in [5, 5.41) is 40.5. The molecule has 8 nitrogen and oxygen atoms in total. The summed E-state index contributed by atoms with van der Waals surface area (Å²) >= 11 is 1.65. The second-order valence-electron chi connectivity index (χ2n) is 8.31. The van der Waals surface area contributed by atoms with Gasteiger partial charge in [-0.2, -0.15) is 16.5 Å². The second kappa shape index (κ2) is 13.8. The van der Waals surface area contributed by atoms with Gasteiger partial charge in [0.1, 0.15) is 6.26 Å². The predicted octanol–water partition coefficient (Wildman–Crippen LogP) is 3.47. The summed E-state index contributed by atoms with van der Waals surface area (Å²) in [5.41, 5.74) is 2.19. The maximum atomic E-state index is 12.2. The van der Waals surface area contributed by atoms with Crippen LogP contribution in [0, 0.1) is 5.21 Å². The number of aliphatic hydroxyl groups excluding tert-OH is 2. The Morgan fingerprint density at radius 1 is 1.35 bits per heavy atom. The number of thioether (sulfide) groups is 1. The lowest BCUT2D eigenvalue weighted by molar-refractivity contribution is -0.402. The Balaban J connectivity index is 1.92. The highest BCUT2D eigenvalue weighted by Gasteiger charge is 2.28. The van der Waals surface area contributed by atoms with Gasteiger partial charge in [0.15, 0.2) is 5.71 Å². The highest BCUT2D eigenvalue weighted by atomic mass is 32.2. The van der Waals surface area contributed by atoms with Crippen molar-refractivity contribution >= 4 is 29.4 Å². The van der Waals surface area contributed by atoms with Crippen molar-refractivity contribution in [3.63, 3.8) is 0 Å². The van der Waals surface area contributed by atoms with Gasteiger partial charge in [-0.3, -0.25) is 9.59 Å². The molecule has 1 aromatic rings. The summed E-state index contributed by atoms with van der Waals surface area (Å²) < 4.78 is 0.658. The number of aliphatic hydroxyl groups is 2. The molecule has 0 aliphatic carbocycles. The predicted molar refractivity (Wildman–Crippen MR) is 134 cm³/mol. The Hall–Kier alpha value is -2.78. The number of carbonyl (C=O) groups is 2. The second-order valence-corrected chi connectivity index (χ2v) is 9.53. The van der Waals surface area contributed by atoms with Crippen LogP contribution >= 0.6 is 11.8 Å². The quantitative estimate of drug-likeness (QED) is 0.0735. The maximum absolute atomic E-state index is 12.2. The first-order valence-corrected chi connectivity index (χ1v) is 12.5. The largest absolute Gasteiger partial charge is 0.618 e. The average Bonchev–Trinajstić information content (AvgIpc) is 3.17. The third kappa shape index (κ3) is 8.53. The minimum Gasteiger partial charge on any atom is -0.618 e. The van der Waals surface area contributed by atoms with Crippen LogP contribution in [0.15, 0.2) is 48.4 Å². The number of nitrogens with zero attached hydrogens (tertiary/aromatic N) is 2. The smallest absolute Gasteiger partial charge is 0.303 e. The molecule has 0 bridgehead atoms. The van der Waals surface area contributed by atoms with E-state index in [4.69, 9.17) is 10.2 Å². The van der Waals surface area contributed by atoms with E-state index in [1.54, 1.807) is 30.8 Å². The Bertz CT molecular complexity index is 943. The van der Waals surface area contributed by atoms with Gasteiger partial charge in [0.2, 0.25) is 11.6 Å². The SMILES string of the molecule is CC(=C/O)/[N+]([O-])=C(\C)c1cccc(C[C@H](O)/C=C/[C@H]2CCC(=O)N2CCSCCCC(=O)O)c1. The van der Waals surface area contributed by atoms with E-state index < -0.39 is 12.1 Å². The molecule has 1 amide bonds. The molecule has 0 unspecified atom stereocenters. The zero-order chi connectivity index (χ0) is 25.1. The van der Waals surface area contributed by atoms with Crippen molar-refractivity contribution in [1.29, 1.82) is 0 Å². The topological polar surface area (TPSA) is 124 Å². The van der Waals surface area contributed by atoms with Gasteiger partial charge in [0.25, 0.3) is 0 Å². The van der Waals surface area contributed by atoms with Crippen LogP contribution in [0.4, 0.5) is 0 Å². The molecule has 1 saturated heterocycles. The van der Waals surface area contributed by atoms with E-state index in [9.17, 15) is 19.9 Å². The molecule has 0 saturated carbocycles. The molecule has 3 N–H and O–H groups in total. The number of likely N-dealkylation sites (tertiary alicyclic amines) is 1. The van der Waals surface area contributed by atoms with Crippen molar-refractivity contribution in [3.05, 3.63) is 64.7 Å². The lowest BCUT2D eigenvalue weighted by Gasteiger charge is -2.22. The summed E-state index contributed by atoms with van der Waals surface area (Å²) in [4.78, 5) is 24.6. The minimum absolute atomic E-state index is 0.0500. The summed E-state index contributed by atoms with van der Waals surface area (Å²) in [6, 6.07) is 7.30. The molecular weight excluding hydrogens is 456 g/mol. The Kier molecular flexibility index (Phi) is 11.2. The number of carboxylic acid groups (broad SMARTS) is 1. The normalized spacial score (nSPS) is 18.4. The van der Waals surface area contributed by atoms with Gasteiger partial charge in [0, 0.05) is 51.0 Å². The third-order valence-electron chi connectivity index (χ3n) is 5.69. The molecule has 1 aliphatic rings. The Labute approximate surface area is 204 Å².